The van der Waals surface area contributed by atoms with Crippen molar-refractivity contribution < 1.29 is 9.59 Å². The van der Waals surface area contributed by atoms with Crippen molar-refractivity contribution in [2.75, 3.05) is 29.2 Å². The van der Waals surface area contributed by atoms with Crippen molar-refractivity contribution in [2.45, 2.75) is 27.7 Å². The van der Waals surface area contributed by atoms with E-state index in [0.29, 0.717) is 17.0 Å². The predicted molar refractivity (Wildman–Crippen MR) is 136 cm³/mol. The number of nitrogens with one attached hydrogen (secondary N) is 1. The van der Waals surface area contributed by atoms with Gasteiger partial charge in [0.15, 0.2) is 0 Å². The molecule has 4 rings (SSSR count). The minimum Gasteiger partial charge on any atom is -0.378 e. The van der Waals surface area contributed by atoms with Gasteiger partial charge in [-0.2, -0.15) is 0 Å². The number of imide groups is 1. The summed E-state index contributed by atoms with van der Waals surface area (Å²) < 4.78 is 0. The summed E-state index contributed by atoms with van der Waals surface area (Å²) in [7, 11) is 3.90. The van der Waals surface area contributed by atoms with Gasteiger partial charge in [0.2, 0.25) is 0 Å². The largest absolute Gasteiger partial charge is 0.378 e. The van der Waals surface area contributed by atoms with E-state index in [2.05, 4.69) is 5.32 Å². The first kappa shape index (κ1) is 22.3. The molecule has 1 N–H and O–H groups in total. The van der Waals surface area contributed by atoms with Crippen LogP contribution in [0.1, 0.15) is 27.8 Å². The molecule has 1 heterocycles. The average Bonchev–Trinajstić information content (AvgIpc) is 3.02. The number of benzene rings is 3. The molecule has 2 amide bonds. The van der Waals surface area contributed by atoms with Crippen molar-refractivity contribution in [1.82, 2.24) is 0 Å². The summed E-state index contributed by atoms with van der Waals surface area (Å²) in [6.45, 7) is 8.03. The zero-order valence-corrected chi connectivity index (χ0v) is 20.0. The molecule has 33 heavy (non-hydrogen) atoms. The van der Waals surface area contributed by atoms with Gasteiger partial charge in [-0.3, -0.25) is 9.59 Å². The molecule has 0 spiro atoms. The van der Waals surface area contributed by atoms with E-state index in [-0.39, 0.29) is 11.8 Å². The van der Waals surface area contributed by atoms with Gasteiger partial charge in [-0.25, -0.2) is 4.90 Å². The Morgan fingerprint density at radius 3 is 2.03 bits per heavy atom. The van der Waals surface area contributed by atoms with Gasteiger partial charge in [0, 0.05) is 25.5 Å². The maximum Gasteiger partial charge on any atom is 0.282 e. The third kappa shape index (κ3) is 4.14. The fraction of sp³-hybridized carbons (Fsp3) is 0.214. The lowest BCUT2D eigenvalue weighted by atomic mass is 9.99. The molecule has 0 bridgehead atoms. The first-order chi connectivity index (χ1) is 15.7. The fourth-order valence-corrected chi connectivity index (χ4v) is 3.95. The molecule has 168 valence electrons. The molecule has 0 aromatic heterocycles. The Labute approximate surface area is 195 Å². The van der Waals surface area contributed by atoms with Crippen LogP contribution in [-0.2, 0) is 9.59 Å². The zero-order chi connectivity index (χ0) is 23.9. The highest BCUT2D eigenvalue weighted by Gasteiger charge is 2.40. The van der Waals surface area contributed by atoms with Gasteiger partial charge in [-0.15, -0.1) is 0 Å². The topological polar surface area (TPSA) is 52.7 Å². The standard InChI is InChI=1S/C28H29N3O2/c1-17-7-8-19(3)24(15-17)29-26-25(21-10-9-18(2)20(4)16-21)27(32)31(28(26)33)23-13-11-22(12-14-23)30(5)6/h7-16,29H,1-6H3. The van der Waals surface area contributed by atoms with Crippen LogP contribution in [-0.4, -0.2) is 25.9 Å². The maximum atomic E-state index is 13.7. The Bertz CT molecular complexity index is 1290. The van der Waals surface area contributed by atoms with E-state index in [1.54, 1.807) is 0 Å². The first-order valence-electron chi connectivity index (χ1n) is 11.0. The van der Waals surface area contributed by atoms with Gasteiger partial charge in [0.05, 0.1) is 11.3 Å². The Balaban J connectivity index is 1.83. The van der Waals surface area contributed by atoms with Crippen molar-refractivity contribution in [2.24, 2.45) is 0 Å². The van der Waals surface area contributed by atoms with Gasteiger partial charge < -0.3 is 10.2 Å². The Morgan fingerprint density at radius 2 is 1.39 bits per heavy atom. The molecule has 0 radical (unpaired) electrons. The monoisotopic (exact) mass is 439 g/mol. The maximum absolute atomic E-state index is 13.7. The van der Waals surface area contributed by atoms with Crippen molar-refractivity contribution in [1.29, 1.82) is 0 Å². The second kappa shape index (κ2) is 8.58. The van der Waals surface area contributed by atoms with E-state index in [0.717, 1.165) is 39.2 Å². The summed E-state index contributed by atoms with van der Waals surface area (Å²) in [6.07, 6.45) is 0. The highest BCUT2D eigenvalue weighted by molar-refractivity contribution is 6.46. The number of amides is 2. The van der Waals surface area contributed by atoms with Crippen LogP contribution in [0.3, 0.4) is 0 Å². The van der Waals surface area contributed by atoms with Crippen molar-refractivity contribution in [3.63, 3.8) is 0 Å². The van der Waals surface area contributed by atoms with Crippen molar-refractivity contribution in [3.8, 4) is 0 Å². The minimum atomic E-state index is -0.355. The van der Waals surface area contributed by atoms with E-state index < -0.39 is 0 Å². The number of nitrogens with zero attached hydrogens (tertiary/aromatic N) is 2. The summed E-state index contributed by atoms with van der Waals surface area (Å²) in [6, 6.07) is 19.3. The number of anilines is 3. The van der Waals surface area contributed by atoms with E-state index in [9.17, 15) is 9.59 Å². The molecule has 3 aromatic carbocycles. The van der Waals surface area contributed by atoms with Crippen LogP contribution >= 0.6 is 0 Å². The Kier molecular flexibility index (Phi) is 5.81. The molecule has 5 nitrogen and oxygen atoms in total. The smallest absolute Gasteiger partial charge is 0.282 e. The van der Waals surface area contributed by atoms with Crippen LogP contribution in [0.25, 0.3) is 5.57 Å². The van der Waals surface area contributed by atoms with E-state index in [1.807, 2.05) is 107 Å². The molecule has 0 aliphatic carbocycles. The summed E-state index contributed by atoms with van der Waals surface area (Å²) in [5.41, 5.74) is 8.06. The van der Waals surface area contributed by atoms with Crippen LogP contribution in [0.5, 0.6) is 0 Å². The molecule has 5 heteroatoms. The van der Waals surface area contributed by atoms with E-state index >= 15 is 0 Å². The highest BCUT2D eigenvalue weighted by Crippen LogP contribution is 2.35. The molecule has 1 aliphatic rings. The van der Waals surface area contributed by atoms with E-state index in [1.165, 1.54) is 4.90 Å². The molecular formula is C28H29N3O2. The van der Waals surface area contributed by atoms with Crippen molar-refractivity contribution >= 4 is 34.4 Å². The lowest BCUT2D eigenvalue weighted by molar-refractivity contribution is -0.120. The quantitative estimate of drug-likeness (QED) is 0.542. The predicted octanol–water partition coefficient (Wildman–Crippen LogP) is 5.38. The first-order valence-corrected chi connectivity index (χ1v) is 11.0. The molecule has 0 unspecified atom stereocenters. The van der Waals surface area contributed by atoms with Crippen LogP contribution in [0.2, 0.25) is 0 Å². The van der Waals surface area contributed by atoms with Crippen LogP contribution in [0.15, 0.2) is 66.4 Å². The summed E-state index contributed by atoms with van der Waals surface area (Å²) in [5.74, 6) is -0.680. The third-order valence-corrected chi connectivity index (χ3v) is 6.16. The van der Waals surface area contributed by atoms with Crippen LogP contribution in [0.4, 0.5) is 17.1 Å². The van der Waals surface area contributed by atoms with E-state index in [4.69, 9.17) is 0 Å². The van der Waals surface area contributed by atoms with Gasteiger partial charge in [0.1, 0.15) is 5.70 Å². The Morgan fingerprint density at radius 1 is 0.727 bits per heavy atom. The molecule has 0 saturated heterocycles. The molecule has 3 aromatic rings. The third-order valence-electron chi connectivity index (χ3n) is 6.16. The second-order valence-corrected chi connectivity index (χ2v) is 8.85. The molecule has 0 saturated carbocycles. The number of aryl methyl sites for hydroxylation is 4. The number of carbonyl (C=O) groups is 2. The summed E-state index contributed by atoms with van der Waals surface area (Å²) >= 11 is 0. The van der Waals surface area contributed by atoms with Crippen LogP contribution in [0, 0.1) is 27.7 Å². The summed E-state index contributed by atoms with van der Waals surface area (Å²) in [4.78, 5) is 30.6. The van der Waals surface area contributed by atoms with Crippen molar-refractivity contribution in [3.05, 3.63) is 94.2 Å². The zero-order valence-electron chi connectivity index (χ0n) is 20.0. The van der Waals surface area contributed by atoms with Gasteiger partial charge in [0.25, 0.3) is 11.8 Å². The minimum absolute atomic E-state index is 0.300. The highest BCUT2D eigenvalue weighted by atomic mass is 16.2. The fourth-order valence-electron chi connectivity index (χ4n) is 3.95. The van der Waals surface area contributed by atoms with Crippen LogP contribution < -0.4 is 15.1 Å². The molecule has 0 atom stereocenters. The summed E-state index contributed by atoms with van der Waals surface area (Å²) in [5, 5.41) is 3.30. The lowest BCUT2D eigenvalue weighted by Gasteiger charge is -2.18. The number of hydrogen-bond acceptors (Lipinski definition) is 4. The van der Waals surface area contributed by atoms with Gasteiger partial charge in [-0.1, -0.05) is 30.3 Å². The lowest BCUT2D eigenvalue weighted by Crippen LogP contribution is -2.32. The SMILES string of the molecule is Cc1ccc(C)c(NC2=C(c3ccc(C)c(C)c3)C(=O)N(c3ccc(N(C)C)cc3)C2=O)c1. The Hall–Kier alpha value is -3.86. The number of rotatable bonds is 5. The molecule has 0 fully saturated rings. The van der Waals surface area contributed by atoms with Gasteiger partial charge >= 0.3 is 0 Å². The van der Waals surface area contributed by atoms with Gasteiger partial charge in [-0.05, 0) is 85.8 Å². The normalized spacial score (nSPS) is 13.7. The number of carbonyl (C=O) groups excluding carboxylic acids is 2. The molecular weight excluding hydrogens is 410 g/mol. The number of hydrogen-bond donors (Lipinski definition) is 1. The second-order valence-electron chi connectivity index (χ2n) is 8.85. The average molecular weight is 440 g/mol. The molecule has 1 aliphatic heterocycles.